The maximum atomic E-state index is 12.8. The minimum absolute atomic E-state index is 0.234. The van der Waals surface area contributed by atoms with Gasteiger partial charge in [-0.15, -0.1) is 0 Å². The lowest BCUT2D eigenvalue weighted by molar-refractivity contribution is 0.102. The van der Waals surface area contributed by atoms with Gasteiger partial charge in [-0.25, -0.2) is 8.42 Å². The fourth-order valence-electron chi connectivity index (χ4n) is 3.89. The number of rotatable bonds is 7. The monoisotopic (exact) mass is 499 g/mol. The molecule has 4 rings (SSSR count). The Hall–Kier alpha value is -2.91. The zero-order chi connectivity index (χ0) is 24.1. The molecular formula is C25H26ClN3O4S. The van der Waals surface area contributed by atoms with Crippen LogP contribution in [0.3, 0.4) is 0 Å². The number of carbonyl (C=O) groups excluding carboxylic acids is 1. The fourth-order valence-corrected chi connectivity index (χ4v) is 5.59. The second-order valence-electron chi connectivity index (χ2n) is 8.00. The average molecular weight is 500 g/mol. The average Bonchev–Trinajstić information content (AvgIpc) is 2.85. The molecule has 0 atom stereocenters. The van der Waals surface area contributed by atoms with E-state index >= 15 is 0 Å². The highest BCUT2D eigenvalue weighted by Gasteiger charge is 2.28. The summed E-state index contributed by atoms with van der Waals surface area (Å²) in [7, 11) is -1.94. The summed E-state index contributed by atoms with van der Waals surface area (Å²) >= 11 is 6.14. The topological polar surface area (TPSA) is 79.0 Å². The number of piperazine rings is 1. The largest absolute Gasteiger partial charge is 0.495 e. The third kappa shape index (κ3) is 5.59. The zero-order valence-electron chi connectivity index (χ0n) is 18.8. The van der Waals surface area contributed by atoms with Gasteiger partial charge in [-0.05, 0) is 48.0 Å². The highest BCUT2D eigenvalue weighted by atomic mass is 35.5. The summed E-state index contributed by atoms with van der Waals surface area (Å²) in [6, 6.07) is 21.0. The highest BCUT2D eigenvalue weighted by Crippen LogP contribution is 2.27. The van der Waals surface area contributed by atoms with Gasteiger partial charge in [0.1, 0.15) is 5.75 Å². The summed E-state index contributed by atoms with van der Waals surface area (Å²) in [5, 5.41) is 3.27. The molecule has 3 aromatic rings. The summed E-state index contributed by atoms with van der Waals surface area (Å²) < 4.78 is 32.3. The quantitative estimate of drug-likeness (QED) is 0.529. The molecule has 7 nitrogen and oxygen atoms in total. The second-order valence-corrected chi connectivity index (χ2v) is 10.3. The van der Waals surface area contributed by atoms with Crippen molar-refractivity contribution in [1.29, 1.82) is 0 Å². The van der Waals surface area contributed by atoms with Crippen molar-refractivity contribution in [3.05, 3.63) is 88.9 Å². The molecule has 1 amide bonds. The fraction of sp³-hybridized carbons (Fsp3) is 0.240. The number of halogens is 1. The van der Waals surface area contributed by atoms with E-state index in [1.807, 2.05) is 18.2 Å². The van der Waals surface area contributed by atoms with Crippen molar-refractivity contribution in [1.82, 2.24) is 9.21 Å². The number of ether oxygens (including phenoxy) is 1. The molecule has 0 spiro atoms. The van der Waals surface area contributed by atoms with E-state index in [0.717, 1.165) is 5.56 Å². The lowest BCUT2D eigenvalue weighted by Gasteiger charge is -2.34. The first-order valence-corrected chi connectivity index (χ1v) is 12.7. The van der Waals surface area contributed by atoms with Crippen LogP contribution in [-0.2, 0) is 16.6 Å². The van der Waals surface area contributed by atoms with E-state index in [1.54, 1.807) is 54.6 Å². The van der Waals surface area contributed by atoms with Crippen molar-refractivity contribution in [3.8, 4) is 5.75 Å². The predicted octanol–water partition coefficient (Wildman–Crippen LogP) is 4.11. The number of carbonyl (C=O) groups is 1. The van der Waals surface area contributed by atoms with E-state index in [-0.39, 0.29) is 5.91 Å². The van der Waals surface area contributed by atoms with Crippen molar-refractivity contribution in [2.45, 2.75) is 11.4 Å². The summed E-state index contributed by atoms with van der Waals surface area (Å²) in [4.78, 5) is 15.3. The van der Waals surface area contributed by atoms with E-state index in [4.69, 9.17) is 16.3 Å². The van der Waals surface area contributed by atoms with Crippen LogP contribution < -0.4 is 10.1 Å². The number of nitrogens with zero attached hydrogens (tertiary/aromatic N) is 2. The Balaban J connectivity index is 1.36. The molecule has 1 fully saturated rings. The molecule has 0 radical (unpaired) electrons. The molecule has 1 N–H and O–H groups in total. The van der Waals surface area contributed by atoms with Crippen LogP contribution in [0.25, 0.3) is 0 Å². The SMILES string of the molecule is COc1ccc(NC(=O)c2cccc(CN3CCN(S(=O)(=O)c4ccccc4)CC3)c2)cc1Cl. The minimum Gasteiger partial charge on any atom is -0.495 e. The van der Waals surface area contributed by atoms with Gasteiger partial charge in [-0.1, -0.05) is 41.9 Å². The summed E-state index contributed by atoms with van der Waals surface area (Å²) in [6.45, 7) is 2.72. The molecular weight excluding hydrogens is 474 g/mol. The van der Waals surface area contributed by atoms with Crippen LogP contribution in [-0.4, -0.2) is 56.8 Å². The Morgan fingerprint density at radius 1 is 0.971 bits per heavy atom. The van der Waals surface area contributed by atoms with Gasteiger partial charge in [0.05, 0.1) is 17.0 Å². The summed E-state index contributed by atoms with van der Waals surface area (Å²) in [6.07, 6.45) is 0. The number of nitrogens with one attached hydrogen (secondary N) is 1. The third-order valence-electron chi connectivity index (χ3n) is 5.72. The maximum absolute atomic E-state index is 12.8. The molecule has 0 aliphatic carbocycles. The normalized spacial score (nSPS) is 15.1. The van der Waals surface area contributed by atoms with Gasteiger partial charge in [0.25, 0.3) is 5.91 Å². The number of methoxy groups -OCH3 is 1. The summed E-state index contributed by atoms with van der Waals surface area (Å²) in [5.41, 5.74) is 2.10. The molecule has 0 unspecified atom stereocenters. The van der Waals surface area contributed by atoms with Crippen LogP contribution in [0.2, 0.25) is 5.02 Å². The molecule has 0 bridgehead atoms. The number of benzene rings is 3. The first-order chi connectivity index (χ1) is 16.4. The van der Waals surface area contributed by atoms with Crippen LogP contribution in [0, 0.1) is 0 Å². The lowest BCUT2D eigenvalue weighted by atomic mass is 10.1. The van der Waals surface area contributed by atoms with E-state index in [0.29, 0.717) is 59.6 Å². The second kappa shape index (κ2) is 10.6. The lowest BCUT2D eigenvalue weighted by Crippen LogP contribution is -2.48. The van der Waals surface area contributed by atoms with E-state index in [2.05, 4.69) is 10.2 Å². The smallest absolute Gasteiger partial charge is 0.255 e. The van der Waals surface area contributed by atoms with Crippen molar-refractivity contribution in [2.24, 2.45) is 0 Å². The van der Waals surface area contributed by atoms with Crippen LogP contribution in [0.4, 0.5) is 5.69 Å². The van der Waals surface area contributed by atoms with Crippen LogP contribution in [0.15, 0.2) is 77.7 Å². The molecule has 9 heteroatoms. The van der Waals surface area contributed by atoms with Gasteiger partial charge in [0.15, 0.2) is 0 Å². The van der Waals surface area contributed by atoms with Crippen molar-refractivity contribution in [3.63, 3.8) is 0 Å². The maximum Gasteiger partial charge on any atom is 0.255 e. The van der Waals surface area contributed by atoms with Gasteiger partial charge in [-0.2, -0.15) is 4.31 Å². The Kier molecular flexibility index (Phi) is 7.53. The van der Waals surface area contributed by atoms with E-state index in [9.17, 15) is 13.2 Å². The van der Waals surface area contributed by atoms with E-state index < -0.39 is 10.0 Å². The molecule has 1 saturated heterocycles. The predicted molar refractivity (Wildman–Crippen MR) is 133 cm³/mol. The summed E-state index contributed by atoms with van der Waals surface area (Å²) in [5.74, 6) is 0.306. The molecule has 0 saturated carbocycles. The Morgan fingerprint density at radius 3 is 2.38 bits per heavy atom. The first-order valence-electron chi connectivity index (χ1n) is 10.9. The molecule has 1 aliphatic rings. The molecule has 3 aromatic carbocycles. The standard InChI is InChI=1S/C25H26ClN3O4S/c1-33-24-11-10-21(17-23(24)26)27-25(30)20-7-5-6-19(16-20)18-28-12-14-29(15-13-28)34(31,32)22-8-3-2-4-9-22/h2-11,16-17H,12-15,18H2,1H3,(H,27,30). The van der Waals surface area contributed by atoms with Gasteiger partial charge in [0.2, 0.25) is 10.0 Å². The molecule has 0 aromatic heterocycles. The molecule has 1 aliphatic heterocycles. The number of hydrogen-bond acceptors (Lipinski definition) is 5. The highest BCUT2D eigenvalue weighted by molar-refractivity contribution is 7.89. The van der Waals surface area contributed by atoms with Gasteiger partial charge >= 0.3 is 0 Å². The zero-order valence-corrected chi connectivity index (χ0v) is 20.3. The number of anilines is 1. The van der Waals surface area contributed by atoms with Gasteiger partial charge < -0.3 is 10.1 Å². The molecule has 1 heterocycles. The Labute approximate surface area is 205 Å². The molecule has 34 heavy (non-hydrogen) atoms. The molecule has 178 valence electrons. The minimum atomic E-state index is -3.48. The number of hydrogen-bond donors (Lipinski definition) is 1. The van der Waals surface area contributed by atoms with Gasteiger partial charge in [0, 0.05) is 44.0 Å². The van der Waals surface area contributed by atoms with Gasteiger partial charge in [-0.3, -0.25) is 9.69 Å². The van der Waals surface area contributed by atoms with Crippen molar-refractivity contribution in [2.75, 3.05) is 38.6 Å². The Bertz CT molecular complexity index is 1260. The number of sulfonamides is 1. The van der Waals surface area contributed by atoms with Crippen LogP contribution in [0.5, 0.6) is 5.75 Å². The van der Waals surface area contributed by atoms with Crippen molar-refractivity contribution >= 4 is 33.2 Å². The van der Waals surface area contributed by atoms with Crippen molar-refractivity contribution < 1.29 is 17.9 Å². The number of amides is 1. The van der Waals surface area contributed by atoms with Crippen LogP contribution >= 0.6 is 11.6 Å². The van der Waals surface area contributed by atoms with Crippen LogP contribution in [0.1, 0.15) is 15.9 Å². The Morgan fingerprint density at radius 2 is 1.71 bits per heavy atom. The first kappa shape index (κ1) is 24.2. The van der Waals surface area contributed by atoms with E-state index in [1.165, 1.54) is 11.4 Å². The third-order valence-corrected chi connectivity index (χ3v) is 7.93.